The van der Waals surface area contributed by atoms with Crippen molar-refractivity contribution in [3.63, 3.8) is 0 Å². The van der Waals surface area contributed by atoms with Crippen molar-refractivity contribution in [2.75, 3.05) is 16.9 Å². The first kappa shape index (κ1) is 22.1. The van der Waals surface area contributed by atoms with Crippen molar-refractivity contribution in [2.24, 2.45) is 0 Å². The van der Waals surface area contributed by atoms with E-state index in [9.17, 15) is 9.18 Å². The standard InChI is InChI=1S/C24H29FN2O2Si/c1-17-23(28)27(16-29-30(5,6)24(2,3)4)22-20(25)15-14-19(21(22)26-17)13-12-18-10-8-7-9-11-18/h7-11,14-15,17,26H,16H2,1-6H3. The molecule has 158 valence electrons. The number of hydrogen-bond acceptors (Lipinski definition) is 3. The fourth-order valence-electron chi connectivity index (χ4n) is 2.93. The van der Waals surface area contributed by atoms with Crippen LogP contribution in [0.4, 0.5) is 15.8 Å². The van der Waals surface area contributed by atoms with Gasteiger partial charge in [0.25, 0.3) is 5.91 Å². The van der Waals surface area contributed by atoms with Gasteiger partial charge in [0.1, 0.15) is 24.3 Å². The Morgan fingerprint density at radius 3 is 2.43 bits per heavy atom. The van der Waals surface area contributed by atoms with Gasteiger partial charge >= 0.3 is 0 Å². The fourth-order valence-corrected chi connectivity index (χ4v) is 3.82. The minimum absolute atomic E-state index is 0.0138. The highest BCUT2D eigenvalue weighted by atomic mass is 28.4. The molecule has 0 bridgehead atoms. The summed E-state index contributed by atoms with van der Waals surface area (Å²) in [6.45, 7) is 12.4. The maximum Gasteiger partial charge on any atom is 0.251 e. The third kappa shape index (κ3) is 4.42. The molecule has 4 nitrogen and oxygen atoms in total. The molecule has 2 aromatic carbocycles. The summed E-state index contributed by atoms with van der Waals surface area (Å²) in [5.74, 6) is 5.54. The largest absolute Gasteiger partial charge is 0.399 e. The molecule has 1 unspecified atom stereocenters. The molecule has 0 radical (unpaired) electrons. The van der Waals surface area contributed by atoms with Crippen molar-refractivity contribution in [3.05, 3.63) is 59.4 Å². The predicted molar refractivity (Wildman–Crippen MR) is 123 cm³/mol. The number of halogens is 1. The molecule has 3 rings (SSSR count). The monoisotopic (exact) mass is 424 g/mol. The van der Waals surface area contributed by atoms with Crippen LogP contribution in [0, 0.1) is 17.7 Å². The first-order chi connectivity index (χ1) is 14.0. The van der Waals surface area contributed by atoms with Crippen LogP contribution in [0.25, 0.3) is 0 Å². The Balaban J connectivity index is 1.99. The van der Waals surface area contributed by atoms with Gasteiger partial charge in [0.15, 0.2) is 8.32 Å². The topological polar surface area (TPSA) is 41.6 Å². The van der Waals surface area contributed by atoms with Gasteiger partial charge in [-0.25, -0.2) is 4.39 Å². The smallest absolute Gasteiger partial charge is 0.251 e. The van der Waals surface area contributed by atoms with Gasteiger partial charge in [0, 0.05) is 5.56 Å². The third-order valence-corrected chi connectivity index (χ3v) is 10.3. The average molecular weight is 425 g/mol. The van der Waals surface area contributed by atoms with E-state index >= 15 is 0 Å². The molecule has 1 amide bonds. The maximum absolute atomic E-state index is 14.9. The molecule has 0 aromatic heterocycles. The first-order valence-electron chi connectivity index (χ1n) is 10.1. The minimum atomic E-state index is -2.12. The summed E-state index contributed by atoms with van der Waals surface area (Å²) in [4.78, 5) is 14.3. The Hall–Kier alpha value is -2.62. The summed E-state index contributed by atoms with van der Waals surface area (Å²) in [5.41, 5.74) is 2.25. The van der Waals surface area contributed by atoms with E-state index < -0.39 is 20.2 Å². The van der Waals surface area contributed by atoms with Crippen LogP contribution < -0.4 is 10.2 Å². The first-order valence-corrected chi connectivity index (χ1v) is 13.0. The van der Waals surface area contributed by atoms with E-state index in [1.165, 1.54) is 11.0 Å². The second kappa shape index (κ2) is 8.25. The van der Waals surface area contributed by atoms with Crippen LogP contribution in [-0.4, -0.2) is 27.0 Å². The average Bonchev–Trinajstić information content (AvgIpc) is 2.68. The molecule has 0 fully saturated rings. The number of anilines is 2. The molecule has 0 spiro atoms. The lowest BCUT2D eigenvalue weighted by Gasteiger charge is -2.40. The van der Waals surface area contributed by atoms with Crippen molar-refractivity contribution in [1.82, 2.24) is 0 Å². The fraction of sp³-hybridized carbons (Fsp3) is 0.375. The second-order valence-corrected chi connectivity index (χ2v) is 13.9. The van der Waals surface area contributed by atoms with Crippen LogP contribution >= 0.6 is 0 Å². The lowest BCUT2D eigenvalue weighted by molar-refractivity contribution is -0.120. The van der Waals surface area contributed by atoms with Gasteiger partial charge in [-0.2, -0.15) is 0 Å². The van der Waals surface area contributed by atoms with Crippen molar-refractivity contribution in [3.8, 4) is 11.8 Å². The molecule has 1 heterocycles. The SMILES string of the molecule is CC1Nc2c(C#Cc3ccccc3)ccc(F)c2N(CO[Si](C)(C)C(C)(C)C)C1=O. The van der Waals surface area contributed by atoms with Gasteiger partial charge in [-0.05, 0) is 49.3 Å². The number of nitrogens with zero attached hydrogens (tertiary/aromatic N) is 1. The number of carbonyl (C=O) groups is 1. The number of fused-ring (bicyclic) bond motifs is 1. The molecule has 1 N–H and O–H groups in total. The van der Waals surface area contributed by atoms with E-state index in [1.54, 1.807) is 13.0 Å². The molecule has 0 saturated heterocycles. The molecule has 6 heteroatoms. The highest BCUT2D eigenvalue weighted by Gasteiger charge is 2.40. The van der Waals surface area contributed by atoms with Crippen LogP contribution in [0.2, 0.25) is 18.1 Å². The second-order valence-electron chi connectivity index (χ2n) is 9.10. The van der Waals surface area contributed by atoms with Crippen LogP contribution in [-0.2, 0) is 9.22 Å². The van der Waals surface area contributed by atoms with Gasteiger partial charge in [0.05, 0.1) is 11.3 Å². The zero-order valence-corrected chi connectivity index (χ0v) is 19.5. The Morgan fingerprint density at radius 2 is 1.80 bits per heavy atom. The normalized spacial score (nSPS) is 16.4. The highest BCUT2D eigenvalue weighted by molar-refractivity contribution is 6.74. The zero-order valence-electron chi connectivity index (χ0n) is 18.5. The molecule has 0 aliphatic carbocycles. The van der Waals surface area contributed by atoms with Crippen molar-refractivity contribution in [2.45, 2.75) is 51.9 Å². The molecule has 1 aliphatic heterocycles. The van der Waals surface area contributed by atoms with Gasteiger partial charge in [-0.3, -0.25) is 9.69 Å². The Labute approximate surface area is 179 Å². The summed E-state index contributed by atoms with van der Waals surface area (Å²) in [7, 11) is -2.12. The van der Waals surface area contributed by atoms with Crippen molar-refractivity contribution < 1.29 is 13.6 Å². The van der Waals surface area contributed by atoms with Crippen LogP contribution in [0.3, 0.4) is 0 Å². The summed E-state index contributed by atoms with van der Waals surface area (Å²) in [6, 6.07) is 12.1. The van der Waals surface area contributed by atoms with E-state index in [0.717, 1.165) is 5.56 Å². The Bertz CT molecular complexity index is 1000. The number of hydrogen-bond donors (Lipinski definition) is 1. The molecule has 1 atom stereocenters. The number of rotatable bonds is 3. The molecular formula is C24H29FN2O2Si. The van der Waals surface area contributed by atoms with E-state index in [1.807, 2.05) is 30.3 Å². The summed E-state index contributed by atoms with van der Waals surface area (Å²) in [5, 5.41) is 3.12. The number of amides is 1. The van der Waals surface area contributed by atoms with Gasteiger partial charge < -0.3 is 9.74 Å². The van der Waals surface area contributed by atoms with Crippen LogP contribution in [0.5, 0.6) is 0 Å². The van der Waals surface area contributed by atoms with Crippen molar-refractivity contribution >= 4 is 25.6 Å². The minimum Gasteiger partial charge on any atom is -0.399 e. The number of carbonyl (C=O) groups excluding carboxylic acids is 1. The summed E-state index contributed by atoms with van der Waals surface area (Å²) < 4.78 is 21.1. The molecule has 30 heavy (non-hydrogen) atoms. The third-order valence-electron chi connectivity index (χ3n) is 5.87. The number of benzene rings is 2. The molecular weight excluding hydrogens is 395 g/mol. The summed E-state index contributed by atoms with van der Waals surface area (Å²) in [6.07, 6.45) is 0. The van der Waals surface area contributed by atoms with E-state index in [2.05, 4.69) is 51.0 Å². The van der Waals surface area contributed by atoms with Crippen LogP contribution in [0.1, 0.15) is 38.8 Å². The zero-order chi connectivity index (χ0) is 22.1. The van der Waals surface area contributed by atoms with Gasteiger partial charge in [-0.1, -0.05) is 50.8 Å². The lowest BCUT2D eigenvalue weighted by atomic mass is 10.0. The lowest BCUT2D eigenvalue weighted by Crippen LogP contribution is -2.51. The van der Waals surface area contributed by atoms with Crippen LogP contribution in [0.15, 0.2) is 42.5 Å². The van der Waals surface area contributed by atoms with Gasteiger partial charge in [-0.15, -0.1) is 0 Å². The quantitative estimate of drug-likeness (QED) is 0.533. The van der Waals surface area contributed by atoms with E-state index in [-0.39, 0.29) is 23.4 Å². The van der Waals surface area contributed by atoms with E-state index in [4.69, 9.17) is 4.43 Å². The van der Waals surface area contributed by atoms with Crippen molar-refractivity contribution in [1.29, 1.82) is 0 Å². The Kier molecular flexibility index (Phi) is 6.07. The van der Waals surface area contributed by atoms with E-state index in [0.29, 0.717) is 11.3 Å². The summed E-state index contributed by atoms with van der Waals surface area (Å²) >= 11 is 0. The predicted octanol–water partition coefficient (Wildman–Crippen LogP) is 5.35. The molecule has 0 saturated carbocycles. The molecule has 2 aromatic rings. The highest BCUT2D eigenvalue weighted by Crippen LogP contribution is 2.39. The Morgan fingerprint density at radius 1 is 1.13 bits per heavy atom. The molecule has 1 aliphatic rings. The van der Waals surface area contributed by atoms with Gasteiger partial charge in [0.2, 0.25) is 0 Å². The number of nitrogens with one attached hydrogen (secondary N) is 1. The maximum atomic E-state index is 14.9.